The number of rotatable bonds is 5. The molecular weight excluding hydrogens is 354 g/mol. The van der Waals surface area contributed by atoms with Crippen molar-refractivity contribution in [1.29, 1.82) is 0 Å². The SMILES string of the molecule is O=CN1CCN(S(=O)(=O)c2ccc(C(=O)NC3CCCCC3)cc2)CC1. The van der Waals surface area contributed by atoms with E-state index in [-0.39, 0.29) is 29.9 Å². The summed E-state index contributed by atoms with van der Waals surface area (Å²) in [6, 6.07) is 6.31. The second kappa shape index (κ2) is 8.18. The summed E-state index contributed by atoms with van der Waals surface area (Å²) in [7, 11) is -3.60. The standard InChI is InChI=1S/C18H25N3O4S/c22-14-20-10-12-21(13-11-20)26(24,25)17-8-6-15(7-9-17)18(23)19-16-4-2-1-3-5-16/h6-9,14,16H,1-5,10-13H2,(H,19,23). The molecule has 7 nitrogen and oxygen atoms in total. The van der Waals surface area contributed by atoms with Crippen molar-refractivity contribution in [1.82, 2.24) is 14.5 Å². The van der Waals surface area contributed by atoms with E-state index >= 15 is 0 Å². The molecule has 1 heterocycles. The van der Waals surface area contributed by atoms with Crippen LogP contribution in [0, 0.1) is 0 Å². The van der Waals surface area contributed by atoms with Crippen molar-refractivity contribution in [3.8, 4) is 0 Å². The first-order valence-electron chi connectivity index (χ1n) is 9.11. The second-order valence-corrected chi connectivity index (χ2v) is 8.82. The highest BCUT2D eigenvalue weighted by Gasteiger charge is 2.28. The highest BCUT2D eigenvalue weighted by Crippen LogP contribution is 2.20. The number of nitrogens with one attached hydrogen (secondary N) is 1. The molecule has 1 aliphatic heterocycles. The van der Waals surface area contributed by atoms with Crippen LogP contribution in [-0.4, -0.2) is 62.2 Å². The Morgan fingerprint density at radius 3 is 2.19 bits per heavy atom. The zero-order chi connectivity index (χ0) is 18.6. The van der Waals surface area contributed by atoms with Gasteiger partial charge in [0.2, 0.25) is 16.4 Å². The van der Waals surface area contributed by atoms with Crippen molar-refractivity contribution in [2.75, 3.05) is 26.2 Å². The molecule has 2 fully saturated rings. The van der Waals surface area contributed by atoms with E-state index in [9.17, 15) is 18.0 Å². The van der Waals surface area contributed by atoms with Crippen LogP contribution < -0.4 is 5.32 Å². The predicted octanol–water partition coefficient (Wildman–Crippen LogP) is 1.21. The third-order valence-electron chi connectivity index (χ3n) is 5.12. The molecule has 0 bridgehead atoms. The van der Waals surface area contributed by atoms with Crippen LogP contribution >= 0.6 is 0 Å². The summed E-state index contributed by atoms with van der Waals surface area (Å²) in [5.74, 6) is -0.152. The zero-order valence-electron chi connectivity index (χ0n) is 14.8. The molecule has 2 amide bonds. The minimum Gasteiger partial charge on any atom is -0.349 e. The fourth-order valence-corrected chi connectivity index (χ4v) is 4.91. The van der Waals surface area contributed by atoms with Gasteiger partial charge in [-0.2, -0.15) is 4.31 Å². The molecule has 1 N–H and O–H groups in total. The van der Waals surface area contributed by atoms with Gasteiger partial charge in [0.15, 0.2) is 0 Å². The van der Waals surface area contributed by atoms with E-state index in [1.807, 2.05) is 0 Å². The Kier molecular flexibility index (Phi) is 5.93. The van der Waals surface area contributed by atoms with E-state index in [2.05, 4.69) is 5.32 Å². The molecular formula is C18H25N3O4S. The number of amides is 2. The average molecular weight is 379 g/mol. The predicted molar refractivity (Wildman–Crippen MR) is 97.2 cm³/mol. The minimum atomic E-state index is -3.60. The third kappa shape index (κ3) is 4.24. The molecule has 1 aliphatic carbocycles. The Labute approximate surface area is 154 Å². The van der Waals surface area contributed by atoms with Gasteiger partial charge in [0, 0.05) is 37.8 Å². The largest absolute Gasteiger partial charge is 0.349 e. The molecule has 3 rings (SSSR count). The summed E-state index contributed by atoms with van der Waals surface area (Å²) in [5, 5.41) is 3.03. The molecule has 1 aromatic rings. The van der Waals surface area contributed by atoms with Gasteiger partial charge < -0.3 is 10.2 Å². The van der Waals surface area contributed by atoms with Gasteiger partial charge in [-0.1, -0.05) is 19.3 Å². The normalized spacial score (nSPS) is 19.9. The van der Waals surface area contributed by atoms with Crippen LogP contribution in [0.2, 0.25) is 0 Å². The maximum absolute atomic E-state index is 12.7. The molecule has 0 unspecified atom stereocenters. The van der Waals surface area contributed by atoms with E-state index in [0.717, 1.165) is 32.1 Å². The third-order valence-corrected chi connectivity index (χ3v) is 7.03. The van der Waals surface area contributed by atoms with Crippen molar-refractivity contribution in [3.05, 3.63) is 29.8 Å². The first-order chi connectivity index (χ1) is 12.5. The number of hydrogen-bond acceptors (Lipinski definition) is 4. The summed E-state index contributed by atoms with van der Waals surface area (Å²) < 4.78 is 26.8. The molecule has 1 saturated carbocycles. The van der Waals surface area contributed by atoms with E-state index in [1.54, 1.807) is 17.0 Å². The van der Waals surface area contributed by atoms with Crippen molar-refractivity contribution in [3.63, 3.8) is 0 Å². The van der Waals surface area contributed by atoms with Crippen LogP contribution in [0.4, 0.5) is 0 Å². The van der Waals surface area contributed by atoms with Gasteiger partial charge >= 0.3 is 0 Å². The molecule has 0 atom stereocenters. The summed E-state index contributed by atoms with van der Waals surface area (Å²) in [5.41, 5.74) is 0.472. The number of hydrogen-bond donors (Lipinski definition) is 1. The smallest absolute Gasteiger partial charge is 0.251 e. The molecule has 2 aliphatic rings. The summed E-state index contributed by atoms with van der Waals surface area (Å²) in [6.45, 7) is 1.35. The number of carbonyl (C=O) groups is 2. The quantitative estimate of drug-likeness (QED) is 0.779. The van der Waals surface area contributed by atoms with Crippen molar-refractivity contribution >= 4 is 22.3 Å². The molecule has 0 aromatic heterocycles. The number of carbonyl (C=O) groups excluding carboxylic acids is 2. The maximum Gasteiger partial charge on any atom is 0.251 e. The second-order valence-electron chi connectivity index (χ2n) is 6.88. The maximum atomic E-state index is 12.7. The highest BCUT2D eigenvalue weighted by molar-refractivity contribution is 7.89. The highest BCUT2D eigenvalue weighted by atomic mass is 32.2. The van der Waals surface area contributed by atoms with Gasteiger partial charge in [-0.05, 0) is 37.1 Å². The number of piperazine rings is 1. The first kappa shape index (κ1) is 18.8. The van der Waals surface area contributed by atoms with Crippen LogP contribution in [0.25, 0.3) is 0 Å². The molecule has 0 radical (unpaired) electrons. The Balaban J connectivity index is 1.64. The average Bonchev–Trinajstić information content (AvgIpc) is 2.69. The van der Waals surface area contributed by atoms with Crippen LogP contribution in [-0.2, 0) is 14.8 Å². The van der Waals surface area contributed by atoms with Crippen LogP contribution in [0.15, 0.2) is 29.2 Å². The number of nitrogens with zero attached hydrogens (tertiary/aromatic N) is 2. The summed E-state index contributed by atoms with van der Waals surface area (Å²) >= 11 is 0. The van der Waals surface area contributed by atoms with Crippen molar-refractivity contribution in [2.24, 2.45) is 0 Å². The number of sulfonamides is 1. The van der Waals surface area contributed by atoms with E-state index < -0.39 is 10.0 Å². The van der Waals surface area contributed by atoms with E-state index in [4.69, 9.17) is 0 Å². The Hall–Kier alpha value is -1.93. The van der Waals surface area contributed by atoms with Crippen molar-refractivity contribution < 1.29 is 18.0 Å². The molecule has 0 spiro atoms. The summed E-state index contributed by atoms with van der Waals surface area (Å²) in [4.78, 5) is 24.8. The topological polar surface area (TPSA) is 86.8 Å². The van der Waals surface area contributed by atoms with Gasteiger partial charge in [-0.3, -0.25) is 9.59 Å². The molecule has 26 heavy (non-hydrogen) atoms. The fraction of sp³-hybridized carbons (Fsp3) is 0.556. The van der Waals surface area contributed by atoms with E-state index in [1.165, 1.54) is 22.9 Å². The minimum absolute atomic E-state index is 0.152. The lowest BCUT2D eigenvalue weighted by Crippen LogP contribution is -2.47. The van der Waals surface area contributed by atoms with Crippen LogP contribution in [0.3, 0.4) is 0 Å². The first-order valence-corrected chi connectivity index (χ1v) is 10.5. The van der Waals surface area contributed by atoms with Gasteiger partial charge in [-0.25, -0.2) is 8.42 Å². The van der Waals surface area contributed by atoms with Gasteiger partial charge in [0.05, 0.1) is 4.90 Å². The lowest BCUT2D eigenvalue weighted by molar-refractivity contribution is -0.119. The Morgan fingerprint density at radius 2 is 1.62 bits per heavy atom. The van der Waals surface area contributed by atoms with Gasteiger partial charge in [0.1, 0.15) is 0 Å². The molecule has 142 valence electrons. The molecule has 1 aromatic carbocycles. The van der Waals surface area contributed by atoms with Crippen LogP contribution in [0.1, 0.15) is 42.5 Å². The van der Waals surface area contributed by atoms with Gasteiger partial charge in [0.25, 0.3) is 5.91 Å². The van der Waals surface area contributed by atoms with E-state index in [0.29, 0.717) is 18.7 Å². The monoisotopic (exact) mass is 379 g/mol. The van der Waals surface area contributed by atoms with Crippen LogP contribution in [0.5, 0.6) is 0 Å². The summed E-state index contributed by atoms with van der Waals surface area (Å²) in [6.07, 6.45) is 6.25. The van der Waals surface area contributed by atoms with Crippen molar-refractivity contribution in [2.45, 2.75) is 43.0 Å². The lowest BCUT2D eigenvalue weighted by atomic mass is 9.95. The lowest BCUT2D eigenvalue weighted by Gasteiger charge is -2.31. The molecule has 8 heteroatoms. The van der Waals surface area contributed by atoms with Gasteiger partial charge in [-0.15, -0.1) is 0 Å². The zero-order valence-corrected chi connectivity index (χ0v) is 15.6. The Bertz CT molecular complexity index is 734. The Morgan fingerprint density at radius 1 is 1.00 bits per heavy atom. The number of benzene rings is 1. The molecule has 1 saturated heterocycles. The fourth-order valence-electron chi connectivity index (χ4n) is 3.49.